The topological polar surface area (TPSA) is 103 Å². The zero-order chi connectivity index (χ0) is 23.2. The van der Waals surface area contributed by atoms with E-state index in [0.717, 1.165) is 67.6 Å². The lowest BCUT2D eigenvalue weighted by Crippen LogP contribution is -2.64. The summed E-state index contributed by atoms with van der Waals surface area (Å²) in [5.74, 6) is 0.482. The van der Waals surface area contributed by atoms with Crippen molar-refractivity contribution in [2.45, 2.75) is 44.3 Å². The molecule has 34 heavy (non-hydrogen) atoms. The Kier molecular flexibility index (Phi) is 5.21. The van der Waals surface area contributed by atoms with Crippen LogP contribution in [0.2, 0.25) is 0 Å². The maximum absolute atomic E-state index is 12.5. The lowest BCUT2D eigenvalue weighted by Gasteiger charge is -2.54. The van der Waals surface area contributed by atoms with Gasteiger partial charge in [-0.05, 0) is 49.4 Å². The van der Waals surface area contributed by atoms with Crippen molar-refractivity contribution >= 4 is 22.6 Å². The van der Waals surface area contributed by atoms with Gasteiger partial charge in [0.2, 0.25) is 0 Å². The summed E-state index contributed by atoms with van der Waals surface area (Å²) in [6.07, 6.45) is 7.63. The van der Waals surface area contributed by atoms with Gasteiger partial charge in [-0.15, -0.1) is 0 Å². The molecule has 1 saturated carbocycles. The van der Waals surface area contributed by atoms with Gasteiger partial charge < -0.3 is 19.9 Å². The lowest BCUT2D eigenvalue weighted by molar-refractivity contribution is 0.0658. The van der Waals surface area contributed by atoms with Crippen molar-refractivity contribution in [3.63, 3.8) is 0 Å². The molecule has 0 radical (unpaired) electrons. The predicted octanol–water partition coefficient (Wildman–Crippen LogP) is 1.86. The van der Waals surface area contributed by atoms with Crippen molar-refractivity contribution in [1.29, 1.82) is 0 Å². The van der Waals surface area contributed by atoms with Gasteiger partial charge in [-0.1, -0.05) is 0 Å². The van der Waals surface area contributed by atoms with E-state index in [1.54, 1.807) is 13.1 Å². The first-order chi connectivity index (χ1) is 16.6. The molecule has 1 amide bonds. The number of hydrogen-bond acceptors (Lipinski definition) is 7. The minimum atomic E-state index is -0.171. The third-order valence-corrected chi connectivity index (χ3v) is 7.40. The molecular weight excluding hydrogens is 432 g/mol. The molecule has 1 aliphatic carbocycles. The van der Waals surface area contributed by atoms with Crippen LogP contribution in [0.15, 0.2) is 35.4 Å². The molecule has 2 N–H and O–H groups in total. The second-order valence-electron chi connectivity index (χ2n) is 9.31. The number of aromatic amines is 1. The second-order valence-corrected chi connectivity index (χ2v) is 9.31. The van der Waals surface area contributed by atoms with Gasteiger partial charge in [-0.3, -0.25) is 19.5 Å². The Morgan fingerprint density at radius 1 is 1.21 bits per heavy atom. The molecule has 5 heterocycles. The zero-order valence-corrected chi connectivity index (χ0v) is 19.2. The van der Waals surface area contributed by atoms with E-state index in [1.165, 1.54) is 0 Å². The number of fused-ring (bicyclic) bond motifs is 4. The van der Waals surface area contributed by atoms with E-state index in [1.807, 2.05) is 24.5 Å². The minimum Gasteiger partial charge on any atom is -0.491 e. The lowest BCUT2D eigenvalue weighted by atomic mass is 9.81. The molecular formula is C25H28N6O3. The van der Waals surface area contributed by atoms with Gasteiger partial charge in [0.1, 0.15) is 11.2 Å². The van der Waals surface area contributed by atoms with E-state index in [4.69, 9.17) is 4.74 Å². The van der Waals surface area contributed by atoms with Crippen molar-refractivity contribution in [1.82, 2.24) is 25.2 Å². The number of aromatic nitrogens is 3. The fraction of sp³-hybridized carbons (Fsp3) is 0.440. The van der Waals surface area contributed by atoms with E-state index in [2.05, 4.69) is 30.1 Å². The van der Waals surface area contributed by atoms with Crippen LogP contribution in [0.25, 0.3) is 11.0 Å². The summed E-state index contributed by atoms with van der Waals surface area (Å²) >= 11 is 0. The van der Waals surface area contributed by atoms with Crippen molar-refractivity contribution in [3.8, 4) is 5.75 Å². The van der Waals surface area contributed by atoms with Gasteiger partial charge in [-0.2, -0.15) is 0 Å². The number of nitrogens with zero attached hydrogens (tertiary/aromatic N) is 4. The first-order valence-corrected chi connectivity index (χ1v) is 12.0. The first-order valence-electron chi connectivity index (χ1n) is 12.0. The molecule has 6 rings (SSSR count). The quantitative estimate of drug-likeness (QED) is 0.613. The normalized spacial score (nSPS) is 21.9. The molecule has 0 spiro atoms. The molecule has 3 aliphatic rings. The molecule has 2 fully saturated rings. The number of hydrogen-bond donors (Lipinski definition) is 2. The van der Waals surface area contributed by atoms with Gasteiger partial charge in [0.25, 0.3) is 11.5 Å². The number of pyridine rings is 3. The van der Waals surface area contributed by atoms with E-state index in [9.17, 15) is 9.59 Å². The number of nitrogens with one attached hydrogen (secondary N) is 2. The Labute approximate surface area is 197 Å². The van der Waals surface area contributed by atoms with Crippen LogP contribution in [-0.2, 0) is 13.0 Å². The summed E-state index contributed by atoms with van der Waals surface area (Å²) in [5, 5.41) is 2.61. The zero-order valence-electron chi connectivity index (χ0n) is 19.2. The molecule has 9 heteroatoms. The highest BCUT2D eigenvalue weighted by molar-refractivity contribution is 5.92. The van der Waals surface area contributed by atoms with Crippen molar-refractivity contribution in [3.05, 3.63) is 57.8 Å². The fourth-order valence-electron chi connectivity index (χ4n) is 5.51. The fourth-order valence-corrected chi connectivity index (χ4v) is 5.51. The van der Waals surface area contributed by atoms with Crippen molar-refractivity contribution in [2.24, 2.45) is 0 Å². The van der Waals surface area contributed by atoms with Gasteiger partial charge >= 0.3 is 0 Å². The number of carbonyl (C=O) groups excluding carboxylic acids is 1. The number of carbonyl (C=O) groups is 1. The summed E-state index contributed by atoms with van der Waals surface area (Å²) in [7, 11) is 1.61. The standard InChI is InChI=1S/C25H28N6O3/c1-26-25(33)18-5-4-16(13-27-18)31-9-8-30(20-6-7-21(20)31)14-15-11-19-22(28-12-15)23-17(24(32)29-19)3-2-10-34-23/h4-5,11-13,20-21H,2-3,6-10,14H2,1H3,(H,26,33)(H,29,32)/t20-,21-/m0/s1. The van der Waals surface area contributed by atoms with Crippen LogP contribution in [0.5, 0.6) is 5.75 Å². The molecule has 176 valence electrons. The van der Waals surface area contributed by atoms with Crippen molar-refractivity contribution in [2.75, 3.05) is 31.6 Å². The first kappa shape index (κ1) is 21.1. The SMILES string of the molecule is CNC(=O)c1ccc(N2CCN(Cc3cnc4c5c(c(=O)[nH]c4c3)CCCO5)[C@H]3CC[C@@H]32)cn1. The second kappa shape index (κ2) is 8.39. The van der Waals surface area contributed by atoms with Gasteiger partial charge in [0.05, 0.1) is 29.6 Å². The number of rotatable bonds is 4. The van der Waals surface area contributed by atoms with Crippen LogP contribution < -0.4 is 20.5 Å². The molecule has 3 aromatic heterocycles. The third kappa shape index (κ3) is 3.51. The average Bonchev–Trinajstić information content (AvgIpc) is 2.84. The summed E-state index contributed by atoms with van der Waals surface area (Å²) in [6, 6.07) is 6.74. The van der Waals surface area contributed by atoms with Crippen LogP contribution in [0.3, 0.4) is 0 Å². The Morgan fingerprint density at radius 3 is 2.85 bits per heavy atom. The summed E-state index contributed by atoms with van der Waals surface area (Å²) in [4.78, 5) is 41.3. The molecule has 9 nitrogen and oxygen atoms in total. The largest absolute Gasteiger partial charge is 0.491 e. The molecule has 0 unspecified atom stereocenters. The minimum absolute atomic E-state index is 0.0649. The summed E-state index contributed by atoms with van der Waals surface area (Å²) in [6.45, 7) is 3.26. The molecule has 1 saturated heterocycles. The smallest absolute Gasteiger partial charge is 0.269 e. The maximum atomic E-state index is 12.5. The Bertz CT molecular complexity index is 1300. The number of anilines is 1. The van der Waals surface area contributed by atoms with E-state index in [0.29, 0.717) is 35.7 Å². The molecule has 2 atom stereocenters. The summed E-state index contributed by atoms with van der Waals surface area (Å²) < 4.78 is 5.80. The summed E-state index contributed by atoms with van der Waals surface area (Å²) in [5.41, 5.74) is 4.73. The van der Waals surface area contributed by atoms with Crippen LogP contribution in [0.4, 0.5) is 5.69 Å². The Morgan fingerprint density at radius 2 is 2.09 bits per heavy atom. The molecule has 0 aromatic carbocycles. The van der Waals surface area contributed by atoms with Gasteiger partial charge in [0.15, 0.2) is 5.75 Å². The maximum Gasteiger partial charge on any atom is 0.269 e. The van der Waals surface area contributed by atoms with E-state index >= 15 is 0 Å². The van der Waals surface area contributed by atoms with Crippen LogP contribution in [0.1, 0.15) is 40.9 Å². The Hall–Kier alpha value is -3.46. The molecule has 3 aromatic rings. The monoisotopic (exact) mass is 460 g/mol. The van der Waals surface area contributed by atoms with Gasteiger partial charge in [-0.25, -0.2) is 4.98 Å². The van der Waals surface area contributed by atoms with E-state index < -0.39 is 0 Å². The van der Waals surface area contributed by atoms with E-state index in [-0.39, 0.29) is 11.5 Å². The van der Waals surface area contributed by atoms with Gasteiger partial charge in [0, 0.05) is 45.0 Å². The highest BCUT2D eigenvalue weighted by Crippen LogP contribution is 2.37. The highest BCUT2D eigenvalue weighted by Gasteiger charge is 2.43. The highest BCUT2D eigenvalue weighted by atomic mass is 16.5. The third-order valence-electron chi connectivity index (χ3n) is 7.40. The number of piperazine rings is 1. The predicted molar refractivity (Wildman–Crippen MR) is 128 cm³/mol. The van der Waals surface area contributed by atoms with Crippen LogP contribution >= 0.6 is 0 Å². The average molecular weight is 461 g/mol. The number of H-pyrrole nitrogens is 1. The number of amides is 1. The molecule has 2 aliphatic heterocycles. The van der Waals surface area contributed by atoms with Crippen LogP contribution in [-0.4, -0.2) is 64.6 Å². The number of ether oxygens (including phenoxy) is 1. The van der Waals surface area contributed by atoms with Crippen LogP contribution in [0, 0.1) is 0 Å². The Balaban J connectivity index is 1.19. The molecule has 0 bridgehead atoms. The van der Waals surface area contributed by atoms with Crippen molar-refractivity contribution < 1.29 is 9.53 Å².